The number of fused-ring (bicyclic) bond motifs is 5. The van der Waals surface area contributed by atoms with Crippen molar-refractivity contribution < 1.29 is 4.39 Å². The average Bonchev–Trinajstić information content (AvgIpc) is 2.69. The van der Waals surface area contributed by atoms with Gasteiger partial charge in [0.15, 0.2) is 0 Å². The van der Waals surface area contributed by atoms with Gasteiger partial charge in [-0.1, -0.05) is 35.9 Å². The zero-order valence-corrected chi connectivity index (χ0v) is 15.7. The van der Waals surface area contributed by atoms with E-state index < -0.39 is 0 Å². The Balaban J connectivity index is 2.07. The molecule has 0 amide bonds. The van der Waals surface area contributed by atoms with Gasteiger partial charge >= 0.3 is 0 Å². The molecule has 0 spiro atoms. The first-order valence-corrected chi connectivity index (χ1v) is 9.21. The molecule has 0 fully saturated rings. The molecule has 5 rings (SSSR count). The second kappa shape index (κ2) is 6.14. The van der Waals surface area contributed by atoms with E-state index in [1.54, 1.807) is 37.3 Å². The summed E-state index contributed by atoms with van der Waals surface area (Å²) >= 11 is 6.25. The quantitative estimate of drug-likeness (QED) is 0.342. The number of pyridine rings is 1. The molecule has 5 aromatic rings. The molecule has 0 aliphatic carbocycles. The normalized spacial score (nSPS) is 11.5. The fraction of sp³-hybridized carbons (Fsp3) is 0.0435. The van der Waals surface area contributed by atoms with Crippen LogP contribution in [0.1, 0.15) is 5.56 Å². The molecule has 0 atom stereocenters. The Labute approximate surface area is 164 Å². The third kappa shape index (κ3) is 2.49. The van der Waals surface area contributed by atoms with E-state index in [9.17, 15) is 9.18 Å². The molecule has 0 saturated carbocycles. The predicted molar refractivity (Wildman–Crippen MR) is 112 cm³/mol. The molecule has 0 radical (unpaired) electrons. The van der Waals surface area contributed by atoms with E-state index in [-0.39, 0.29) is 11.4 Å². The molecule has 0 aliphatic heterocycles. The van der Waals surface area contributed by atoms with E-state index in [4.69, 9.17) is 11.6 Å². The molecule has 0 aliphatic rings. The van der Waals surface area contributed by atoms with Crippen molar-refractivity contribution in [3.63, 3.8) is 0 Å². The van der Waals surface area contributed by atoms with Crippen LogP contribution in [0.15, 0.2) is 71.5 Å². The second-order valence-corrected chi connectivity index (χ2v) is 7.25. The lowest BCUT2D eigenvalue weighted by Crippen LogP contribution is -2.12. The Morgan fingerprint density at radius 2 is 1.79 bits per heavy atom. The first kappa shape index (κ1) is 16.9. The molecule has 136 valence electrons. The minimum absolute atomic E-state index is 0.258. The molecule has 2 aromatic heterocycles. The van der Waals surface area contributed by atoms with E-state index >= 15 is 0 Å². The lowest BCUT2D eigenvalue weighted by molar-refractivity contribution is 0.619. The Morgan fingerprint density at radius 1 is 0.964 bits per heavy atom. The number of aromatic nitrogens is 2. The van der Waals surface area contributed by atoms with Gasteiger partial charge in [0.1, 0.15) is 11.5 Å². The molecule has 0 saturated heterocycles. The lowest BCUT2D eigenvalue weighted by atomic mass is 10.0. The average molecular weight is 389 g/mol. The minimum Gasteiger partial charge on any atom is -0.293 e. The van der Waals surface area contributed by atoms with Crippen LogP contribution in [-0.4, -0.2) is 9.38 Å². The number of aryl methyl sites for hydroxylation is 1. The van der Waals surface area contributed by atoms with Crippen molar-refractivity contribution in [2.24, 2.45) is 0 Å². The minimum atomic E-state index is -0.302. The van der Waals surface area contributed by atoms with E-state index in [1.807, 2.05) is 34.7 Å². The zero-order chi connectivity index (χ0) is 19.4. The van der Waals surface area contributed by atoms with E-state index in [2.05, 4.69) is 4.98 Å². The van der Waals surface area contributed by atoms with Crippen LogP contribution in [-0.2, 0) is 0 Å². The molecule has 3 nitrogen and oxygen atoms in total. The van der Waals surface area contributed by atoms with Crippen LogP contribution in [0.3, 0.4) is 0 Å². The van der Waals surface area contributed by atoms with Crippen molar-refractivity contribution >= 4 is 38.9 Å². The van der Waals surface area contributed by atoms with E-state index in [1.165, 1.54) is 6.07 Å². The number of nitrogens with zero attached hydrogens (tertiary/aromatic N) is 2. The van der Waals surface area contributed by atoms with Gasteiger partial charge in [-0.3, -0.25) is 9.20 Å². The lowest BCUT2D eigenvalue weighted by Gasteiger charge is -2.15. The van der Waals surface area contributed by atoms with Crippen LogP contribution in [0.2, 0.25) is 5.02 Å². The predicted octanol–water partition coefficient (Wildman–Crippen LogP) is 5.77. The SMILES string of the molecule is Cc1cc(-c2cc3ccccc3c3nc(=O)c4ccc(Cl)cc4n23)ccc1F. The van der Waals surface area contributed by atoms with Crippen molar-refractivity contribution in [3.05, 3.63) is 93.5 Å². The van der Waals surface area contributed by atoms with Gasteiger partial charge in [0, 0.05) is 10.4 Å². The highest BCUT2D eigenvalue weighted by Gasteiger charge is 2.15. The summed E-state index contributed by atoms with van der Waals surface area (Å²) in [6.45, 7) is 1.73. The van der Waals surface area contributed by atoms with Gasteiger partial charge in [-0.25, -0.2) is 4.39 Å². The summed E-state index contributed by atoms with van der Waals surface area (Å²) in [5.41, 5.74) is 3.12. The molecule has 5 heteroatoms. The smallest absolute Gasteiger partial charge is 0.281 e. The van der Waals surface area contributed by atoms with Gasteiger partial charge in [-0.15, -0.1) is 0 Å². The van der Waals surface area contributed by atoms with Crippen molar-refractivity contribution in [2.75, 3.05) is 0 Å². The van der Waals surface area contributed by atoms with Crippen molar-refractivity contribution in [1.29, 1.82) is 0 Å². The molecular formula is C23H14ClFN2O. The Hall–Kier alpha value is -3.24. The Kier molecular flexibility index (Phi) is 3.71. The number of hydrogen-bond donors (Lipinski definition) is 0. The first-order chi connectivity index (χ1) is 13.5. The van der Waals surface area contributed by atoms with Crippen LogP contribution < -0.4 is 5.56 Å². The third-order valence-electron chi connectivity index (χ3n) is 5.04. The van der Waals surface area contributed by atoms with Gasteiger partial charge in [-0.05, 0) is 65.9 Å². The molecule has 0 bridgehead atoms. The van der Waals surface area contributed by atoms with Gasteiger partial charge in [0.25, 0.3) is 5.56 Å². The van der Waals surface area contributed by atoms with Crippen molar-refractivity contribution in [2.45, 2.75) is 6.92 Å². The highest BCUT2D eigenvalue weighted by atomic mass is 35.5. The Morgan fingerprint density at radius 3 is 2.61 bits per heavy atom. The second-order valence-electron chi connectivity index (χ2n) is 6.82. The zero-order valence-electron chi connectivity index (χ0n) is 14.9. The monoisotopic (exact) mass is 388 g/mol. The van der Waals surface area contributed by atoms with Gasteiger partial charge in [0.2, 0.25) is 0 Å². The largest absolute Gasteiger partial charge is 0.293 e. The van der Waals surface area contributed by atoms with Crippen LogP contribution in [0.5, 0.6) is 0 Å². The number of rotatable bonds is 1. The highest BCUT2D eigenvalue weighted by Crippen LogP contribution is 2.31. The number of benzene rings is 3. The fourth-order valence-electron chi connectivity index (χ4n) is 3.67. The summed E-state index contributed by atoms with van der Waals surface area (Å²) in [6.07, 6.45) is 0. The molecule has 3 aromatic carbocycles. The standard InChI is InChI=1S/C23H14ClFN2O/c1-13-10-15(6-9-19(13)25)20-11-14-4-2-3-5-17(14)22-26-23(28)18-8-7-16(24)12-21(18)27(20)22/h2-12H,1H3. The van der Waals surface area contributed by atoms with E-state index in [0.717, 1.165) is 22.0 Å². The molecule has 28 heavy (non-hydrogen) atoms. The summed E-state index contributed by atoms with van der Waals surface area (Å²) in [5, 5.41) is 2.83. The van der Waals surface area contributed by atoms with Crippen LogP contribution in [0, 0.1) is 12.7 Å². The van der Waals surface area contributed by atoms with Crippen molar-refractivity contribution in [3.8, 4) is 11.3 Å². The number of halogens is 2. The molecule has 0 unspecified atom stereocenters. The summed E-state index contributed by atoms with van der Waals surface area (Å²) in [4.78, 5) is 17.1. The van der Waals surface area contributed by atoms with Gasteiger partial charge in [0.05, 0.1) is 16.6 Å². The fourth-order valence-corrected chi connectivity index (χ4v) is 3.84. The maximum atomic E-state index is 13.9. The number of hydrogen-bond acceptors (Lipinski definition) is 2. The first-order valence-electron chi connectivity index (χ1n) is 8.83. The van der Waals surface area contributed by atoms with Gasteiger partial charge < -0.3 is 0 Å². The van der Waals surface area contributed by atoms with E-state index in [0.29, 0.717) is 27.1 Å². The summed E-state index contributed by atoms with van der Waals surface area (Å²) < 4.78 is 15.8. The van der Waals surface area contributed by atoms with Gasteiger partial charge in [-0.2, -0.15) is 4.98 Å². The Bertz CT molecular complexity index is 1470. The maximum Gasteiger partial charge on any atom is 0.281 e. The van der Waals surface area contributed by atoms with Crippen molar-refractivity contribution in [1.82, 2.24) is 9.38 Å². The summed E-state index contributed by atoms with van der Waals surface area (Å²) in [7, 11) is 0. The van der Waals surface area contributed by atoms with Crippen LogP contribution in [0.4, 0.5) is 4.39 Å². The topological polar surface area (TPSA) is 34.4 Å². The summed E-state index contributed by atoms with van der Waals surface area (Å²) in [6, 6.07) is 19.9. The summed E-state index contributed by atoms with van der Waals surface area (Å²) in [5.74, 6) is -0.258. The maximum absolute atomic E-state index is 13.9. The molecular weight excluding hydrogens is 375 g/mol. The molecule has 2 heterocycles. The van der Waals surface area contributed by atoms with Crippen LogP contribution >= 0.6 is 11.6 Å². The highest BCUT2D eigenvalue weighted by molar-refractivity contribution is 6.31. The molecule has 0 N–H and O–H groups in total. The van der Waals surface area contributed by atoms with Crippen LogP contribution in [0.25, 0.3) is 38.6 Å². The third-order valence-corrected chi connectivity index (χ3v) is 5.27.